The number of hydrogen-bond acceptors (Lipinski definition) is 5. The molecule has 0 bridgehead atoms. The van der Waals surface area contributed by atoms with E-state index < -0.39 is 5.97 Å². The first-order chi connectivity index (χ1) is 10.2. The lowest BCUT2D eigenvalue weighted by atomic mass is 10.2. The Hall–Kier alpha value is -3.02. The Kier molecular flexibility index (Phi) is 3.19. The first kappa shape index (κ1) is 13.0. The summed E-state index contributed by atoms with van der Waals surface area (Å²) in [6.45, 7) is 0. The van der Waals surface area contributed by atoms with Crippen LogP contribution in [0.3, 0.4) is 0 Å². The summed E-state index contributed by atoms with van der Waals surface area (Å²) in [7, 11) is 1.44. The molecule has 0 fully saturated rings. The Labute approximate surface area is 119 Å². The molecule has 21 heavy (non-hydrogen) atoms. The highest BCUT2D eigenvalue weighted by molar-refractivity contribution is 5.88. The number of benzene rings is 1. The van der Waals surface area contributed by atoms with E-state index in [4.69, 9.17) is 19.0 Å². The Morgan fingerprint density at radius 1 is 1.24 bits per heavy atom. The van der Waals surface area contributed by atoms with Gasteiger partial charge in [-0.15, -0.1) is 0 Å². The van der Waals surface area contributed by atoms with Gasteiger partial charge in [0.05, 0.1) is 24.3 Å². The molecule has 0 aliphatic rings. The van der Waals surface area contributed by atoms with Crippen LogP contribution in [0.25, 0.3) is 11.0 Å². The first-order valence-corrected chi connectivity index (χ1v) is 6.10. The Bertz CT molecular complexity index is 809. The van der Waals surface area contributed by atoms with Crippen LogP contribution in [0.1, 0.15) is 10.4 Å². The largest absolute Gasteiger partial charge is 0.493 e. The molecule has 1 N–H and O–H groups in total. The minimum atomic E-state index is -1.03. The maximum atomic E-state index is 11.0. The second kappa shape index (κ2) is 5.16. The number of aromatic carboxylic acids is 1. The van der Waals surface area contributed by atoms with Crippen LogP contribution in [0, 0.1) is 0 Å². The zero-order valence-corrected chi connectivity index (χ0v) is 11.1. The normalized spacial score (nSPS) is 10.5. The molecule has 0 atom stereocenters. The third-order valence-corrected chi connectivity index (χ3v) is 2.96. The molecule has 2 aromatic heterocycles. The Morgan fingerprint density at radius 2 is 2.10 bits per heavy atom. The van der Waals surface area contributed by atoms with Crippen LogP contribution >= 0.6 is 0 Å². The summed E-state index contributed by atoms with van der Waals surface area (Å²) >= 11 is 0. The van der Waals surface area contributed by atoms with E-state index >= 15 is 0 Å². The number of aromatic nitrogens is 1. The van der Waals surface area contributed by atoms with Gasteiger partial charge in [0.2, 0.25) is 5.88 Å². The van der Waals surface area contributed by atoms with Gasteiger partial charge < -0.3 is 19.0 Å². The van der Waals surface area contributed by atoms with E-state index in [1.165, 1.54) is 25.3 Å². The van der Waals surface area contributed by atoms with E-state index in [1.807, 2.05) is 0 Å². The van der Waals surface area contributed by atoms with E-state index in [2.05, 4.69) is 4.98 Å². The molecule has 106 valence electrons. The van der Waals surface area contributed by atoms with Gasteiger partial charge in [-0.25, -0.2) is 9.78 Å². The minimum Gasteiger partial charge on any atom is -0.493 e. The third-order valence-electron chi connectivity index (χ3n) is 2.96. The van der Waals surface area contributed by atoms with Crippen molar-refractivity contribution in [2.45, 2.75) is 0 Å². The van der Waals surface area contributed by atoms with E-state index in [9.17, 15) is 4.79 Å². The summed E-state index contributed by atoms with van der Waals surface area (Å²) in [6.07, 6.45) is 3.11. The van der Waals surface area contributed by atoms with Gasteiger partial charge in [0, 0.05) is 6.20 Å². The zero-order valence-electron chi connectivity index (χ0n) is 11.1. The fourth-order valence-corrected chi connectivity index (χ4v) is 1.94. The second-order valence-electron chi connectivity index (χ2n) is 4.22. The smallest absolute Gasteiger partial charge is 0.335 e. The molecule has 3 rings (SSSR count). The maximum Gasteiger partial charge on any atom is 0.335 e. The van der Waals surface area contributed by atoms with Crippen LogP contribution < -0.4 is 9.47 Å². The quantitative estimate of drug-likeness (QED) is 0.791. The lowest BCUT2D eigenvalue weighted by Gasteiger charge is -2.10. The topological polar surface area (TPSA) is 81.8 Å². The Balaban J connectivity index is 2.01. The van der Waals surface area contributed by atoms with Crippen molar-refractivity contribution >= 4 is 16.9 Å². The molecular formula is C15H11NO5. The lowest BCUT2D eigenvalue weighted by Crippen LogP contribution is -1.98. The van der Waals surface area contributed by atoms with Gasteiger partial charge in [-0.2, -0.15) is 0 Å². The third kappa shape index (κ3) is 2.38. The van der Waals surface area contributed by atoms with E-state index in [1.54, 1.807) is 24.6 Å². The summed E-state index contributed by atoms with van der Waals surface area (Å²) in [5.74, 6) is 0.0263. The summed E-state index contributed by atoms with van der Waals surface area (Å²) in [4.78, 5) is 15.1. The van der Waals surface area contributed by atoms with Crippen LogP contribution in [0.15, 0.2) is 47.2 Å². The van der Waals surface area contributed by atoms with Crippen molar-refractivity contribution in [3.63, 3.8) is 0 Å². The molecule has 3 aromatic rings. The van der Waals surface area contributed by atoms with E-state index in [0.717, 1.165) is 5.39 Å². The van der Waals surface area contributed by atoms with Crippen molar-refractivity contribution in [1.29, 1.82) is 0 Å². The van der Waals surface area contributed by atoms with E-state index in [0.29, 0.717) is 23.0 Å². The molecule has 0 radical (unpaired) electrons. The molecule has 2 heterocycles. The summed E-state index contributed by atoms with van der Waals surface area (Å²) in [5, 5.41) is 9.70. The predicted octanol–water partition coefficient (Wildman–Crippen LogP) is 3.33. The molecule has 0 spiro atoms. The van der Waals surface area contributed by atoms with Crippen molar-refractivity contribution in [2.75, 3.05) is 7.11 Å². The second-order valence-corrected chi connectivity index (χ2v) is 4.22. The summed E-state index contributed by atoms with van der Waals surface area (Å²) in [5.41, 5.74) is 0.773. The number of furan rings is 1. The standard InChI is InChI=1S/C15H11NO5/c1-19-13-8-9(15(17)18)2-3-12(13)21-14-10-5-7-20-11(10)4-6-16-14/h2-8H,1H3,(H,17,18). The van der Waals surface area contributed by atoms with Crippen LogP contribution in [-0.4, -0.2) is 23.2 Å². The number of hydrogen-bond donors (Lipinski definition) is 1. The van der Waals surface area contributed by atoms with Crippen molar-refractivity contribution in [3.05, 3.63) is 48.4 Å². The van der Waals surface area contributed by atoms with Gasteiger partial charge in [0.15, 0.2) is 11.5 Å². The van der Waals surface area contributed by atoms with Gasteiger partial charge in [-0.1, -0.05) is 0 Å². The number of carboxylic acids is 1. The monoisotopic (exact) mass is 285 g/mol. The fraction of sp³-hybridized carbons (Fsp3) is 0.0667. The Morgan fingerprint density at radius 3 is 2.86 bits per heavy atom. The lowest BCUT2D eigenvalue weighted by molar-refractivity contribution is 0.0696. The van der Waals surface area contributed by atoms with Crippen LogP contribution in [0.4, 0.5) is 0 Å². The molecule has 0 saturated carbocycles. The number of methoxy groups -OCH3 is 1. The van der Waals surface area contributed by atoms with E-state index in [-0.39, 0.29) is 5.56 Å². The molecule has 0 unspecified atom stereocenters. The van der Waals surface area contributed by atoms with Crippen molar-refractivity contribution in [2.24, 2.45) is 0 Å². The molecule has 1 aromatic carbocycles. The number of carbonyl (C=O) groups is 1. The number of ether oxygens (including phenoxy) is 2. The molecule has 0 aliphatic carbocycles. The number of rotatable bonds is 4. The van der Waals surface area contributed by atoms with Crippen LogP contribution in [-0.2, 0) is 0 Å². The SMILES string of the molecule is COc1cc(C(=O)O)ccc1Oc1nccc2occc12. The highest BCUT2D eigenvalue weighted by atomic mass is 16.5. The van der Waals surface area contributed by atoms with Gasteiger partial charge >= 0.3 is 5.97 Å². The first-order valence-electron chi connectivity index (χ1n) is 6.10. The molecule has 6 nitrogen and oxygen atoms in total. The highest BCUT2D eigenvalue weighted by Gasteiger charge is 2.13. The van der Waals surface area contributed by atoms with Crippen molar-refractivity contribution in [3.8, 4) is 17.4 Å². The fourth-order valence-electron chi connectivity index (χ4n) is 1.94. The number of pyridine rings is 1. The molecule has 0 saturated heterocycles. The van der Waals surface area contributed by atoms with Gasteiger partial charge in [-0.05, 0) is 30.3 Å². The van der Waals surface area contributed by atoms with Crippen LogP contribution in [0.5, 0.6) is 17.4 Å². The van der Waals surface area contributed by atoms with Crippen molar-refractivity contribution < 1.29 is 23.8 Å². The molecule has 6 heteroatoms. The molecule has 0 amide bonds. The number of fused-ring (bicyclic) bond motifs is 1. The summed E-state index contributed by atoms with van der Waals surface area (Å²) < 4.78 is 16.2. The average Bonchev–Trinajstić information content (AvgIpc) is 2.97. The number of nitrogens with zero attached hydrogens (tertiary/aromatic N) is 1. The number of carboxylic acid groups (broad SMARTS) is 1. The van der Waals surface area contributed by atoms with Crippen LogP contribution in [0.2, 0.25) is 0 Å². The minimum absolute atomic E-state index is 0.119. The average molecular weight is 285 g/mol. The van der Waals surface area contributed by atoms with Gasteiger partial charge in [0.1, 0.15) is 5.58 Å². The zero-order chi connectivity index (χ0) is 14.8. The molecular weight excluding hydrogens is 274 g/mol. The van der Waals surface area contributed by atoms with Gasteiger partial charge in [-0.3, -0.25) is 0 Å². The maximum absolute atomic E-state index is 11.0. The summed E-state index contributed by atoms with van der Waals surface area (Å²) in [6, 6.07) is 7.84. The predicted molar refractivity (Wildman–Crippen MR) is 74.0 cm³/mol. The van der Waals surface area contributed by atoms with Gasteiger partial charge in [0.25, 0.3) is 0 Å². The van der Waals surface area contributed by atoms with Crippen molar-refractivity contribution in [1.82, 2.24) is 4.98 Å². The highest BCUT2D eigenvalue weighted by Crippen LogP contribution is 2.34. The molecule has 0 aliphatic heterocycles.